The molecule has 0 atom stereocenters. The summed E-state index contributed by atoms with van der Waals surface area (Å²) in [7, 11) is 2.92. The van der Waals surface area contributed by atoms with E-state index in [0.29, 0.717) is 26.7 Å². The Hall–Kier alpha value is -2.51. The molecule has 1 heterocycles. The molecule has 0 aliphatic rings. The van der Waals surface area contributed by atoms with Crippen LogP contribution in [0.5, 0.6) is 17.2 Å². The molecule has 0 bridgehead atoms. The van der Waals surface area contributed by atoms with Crippen molar-refractivity contribution in [1.29, 1.82) is 0 Å². The molecule has 0 fully saturated rings. The number of hydrogen-bond donors (Lipinski definition) is 0. The summed E-state index contributed by atoms with van der Waals surface area (Å²) in [5, 5.41) is 0.401. The summed E-state index contributed by atoms with van der Waals surface area (Å²) in [6, 6.07) is 10.2. The average molecular weight is 380 g/mol. The molecule has 8 heteroatoms. The molecular formula is C17H14ClNO5S. The smallest absolute Gasteiger partial charge is 0.331 e. The third kappa shape index (κ3) is 3.33. The van der Waals surface area contributed by atoms with Gasteiger partial charge in [0.1, 0.15) is 6.54 Å². The third-order valence-electron chi connectivity index (χ3n) is 3.52. The second kappa shape index (κ2) is 7.16. The van der Waals surface area contributed by atoms with Crippen molar-refractivity contribution < 1.29 is 19.0 Å². The molecule has 6 nitrogen and oxygen atoms in total. The number of aromatic nitrogens is 1. The number of thiazole rings is 1. The summed E-state index contributed by atoms with van der Waals surface area (Å²) in [4.78, 5) is 24.3. The van der Waals surface area contributed by atoms with E-state index in [9.17, 15) is 9.59 Å². The summed E-state index contributed by atoms with van der Waals surface area (Å²) in [5.41, 5.74) is 0.517. The number of carbonyl (C=O) groups is 1. The fourth-order valence-corrected chi connectivity index (χ4v) is 3.67. The van der Waals surface area contributed by atoms with Crippen LogP contribution in [0.3, 0.4) is 0 Å². The number of rotatable bonds is 5. The lowest BCUT2D eigenvalue weighted by Crippen LogP contribution is -2.23. The first kappa shape index (κ1) is 17.3. The predicted molar refractivity (Wildman–Crippen MR) is 96.3 cm³/mol. The van der Waals surface area contributed by atoms with Crippen LogP contribution in [0.25, 0.3) is 10.2 Å². The van der Waals surface area contributed by atoms with Crippen LogP contribution in [-0.2, 0) is 11.3 Å². The first-order valence-corrected chi connectivity index (χ1v) is 8.44. The van der Waals surface area contributed by atoms with Crippen molar-refractivity contribution in [2.24, 2.45) is 0 Å². The van der Waals surface area contributed by atoms with Gasteiger partial charge in [0.05, 0.1) is 29.5 Å². The maximum atomic E-state index is 12.4. The van der Waals surface area contributed by atoms with E-state index < -0.39 is 5.97 Å². The van der Waals surface area contributed by atoms with E-state index in [0.717, 1.165) is 11.3 Å². The van der Waals surface area contributed by atoms with Gasteiger partial charge in [-0.2, -0.15) is 0 Å². The Balaban J connectivity index is 1.93. The SMILES string of the molecule is COc1cccc(OC)c1OC(=O)Cn1c(=O)sc2cccc(Cl)c21. The number of para-hydroxylation sites is 2. The lowest BCUT2D eigenvalue weighted by atomic mass is 10.3. The van der Waals surface area contributed by atoms with Crippen molar-refractivity contribution in [2.45, 2.75) is 6.54 Å². The number of ether oxygens (including phenoxy) is 3. The van der Waals surface area contributed by atoms with Crippen molar-refractivity contribution >= 4 is 39.1 Å². The second-order valence-electron chi connectivity index (χ2n) is 5.01. The van der Waals surface area contributed by atoms with Crippen LogP contribution in [0, 0.1) is 0 Å². The number of methoxy groups -OCH3 is 2. The summed E-state index contributed by atoms with van der Waals surface area (Å²) >= 11 is 7.19. The van der Waals surface area contributed by atoms with Gasteiger partial charge in [-0.3, -0.25) is 9.36 Å². The minimum Gasteiger partial charge on any atom is -0.493 e. The normalized spacial score (nSPS) is 10.7. The van der Waals surface area contributed by atoms with Crippen LogP contribution < -0.4 is 19.1 Å². The number of esters is 1. The molecule has 0 amide bonds. The highest BCUT2D eigenvalue weighted by atomic mass is 35.5. The largest absolute Gasteiger partial charge is 0.493 e. The monoisotopic (exact) mass is 379 g/mol. The molecule has 3 rings (SSSR count). The van der Waals surface area contributed by atoms with E-state index >= 15 is 0 Å². The average Bonchev–Trinajstić information content (AvgIpc) is 2.91. The Kier molecular flexibility index (Phi) is 4.96. The molecule has 0 spiro atoms. The van der Waals surface area contributed by atoms with Crippen molar-refractivity contribution in [2.75, 3.05) is 14.2 Å². The zero-order valence-corrected chi connectivity index (χ0v) is 15.0. The van der Waals surface area contributed by atoms with Gasteiger partial charge in [-0.25, -0.2) is 4.79 Å². The molecule has 0 radical (unpaired) electrons. The molecule has 130 valence electrons. The number of halogens is 1. The molecule has 0 unspecified atom stereocenters. The second-order valence-corrected chi connectivity index (χ2v) is 6.41. The van der Waals surface area contributed by atoms with Gasteiger partial charge in [-0.05, 0) is 24.3 Å². The molecule has 2 aromatic carbocycles. The highest BCUT2D eigenvalue weighted by Crippen LogP contribution is 2.37. The van der Waals surface area contributed by atoms with Crippen LogP contribution in [0.2, 0.25) is 5.02 Å². The molecular weight excluding hydrogens is 366 g/mol. The van der Waals surface area contributed by atoms with Gasteiger partial charge in [0.25, 0.3) is 0 Å². The molecule has 0 aliphatic heterocycles. The predicted octanol–water partition coefficient (Wildman–Crippen LogP) is 3.34. The van der Waals surface area contributed by atoms with E-state index in [1.54, 1.807) is 36.4 Å². The highest BCUT2D eigenvalue weighted by Gasteiger charge is 2.19. The van der Waals surface area contributed by atoms with Gasteiger partial charge in [0.2, 0.25) is 5.75 Å². The van der Waals surface area contributed by atoms with E-state index in [2.05, 4.69) is 0 Å². The van der Waals surface area contributed by atoms with Gasteiger partial charge in [-0.1, -0.05) is 35.1 Å². The topological polar surface area (TPSA) is 66.8 Å². The molecule has 1 aromatic heterocycles. The van der Waals surface area contributed by atoms with E-state index in [1.807, 2.05) is 0 Å². The first-order valence-electron chi connectivity index (χ1n) is 7.24. The van der Waals surface area contributed by atoms with Crippen molar-refractivity contribution in [3.63, 3.8) is 0 Å². The lowest BCUT2D eigenvalue weighted by Gasteiger charge is -2.13. The van der Waals surface area contributed by atoms with Gasteiger partial charge in [0.15, 0.2) is 11.5 Å². The van der Waals surface area contributed by atoms with Crippen molar-refractivity contribution in [1.82, 2.24) is 4.57 Å². The number of benzene rings is 2. The summed E-state index contributed by atoms with van der Waals surface area (Å²) in [6.07, 6.45) is 0. The summed E-state index contributed by atoms with van der Waals surface area (Å²) in [5.74, 6) is 0.238. The minimum atomic E-state index is -0.635. The van der Waals surface area contributed by atoms with Crippen LogP contribution in [0.1, 0.15) is 0 Å². The maximum Gasteiger partial charge on any atom is 0.331 e. The Bertz CT molecular complexity index is 972. The Labute approximate surface area is 152 Å². The number of hydrogen-bond acceptors (Lipinski definition) is 6. The molecule has 25 heavy (non-hydrogen) atoms. The zero-order valence-electron chi connectivity index (χ0n) is 13.4. The van der Waals surface area contributed by atoms with E-state index in [1.165, 1.54) is 18.8 Å². The van der Waals surface area contributed by atoms with E-state index in [4.69, 9.17) is 25.8 Å². The molecule has 0 saturated carbocycles. The van der Waals surface area contributed by atoms with Crippen LogP contribution in [0.4, 0.5) is 0 Å². The maximum absolute atomic E-state index is 12.4. The van der Waals surface area contributed by atoms with Gasteiger partial charge in [-0.15, -0.1) is 0 Å². The molecule has 0 N–H and O–H groups in total. The molecule has 0 saturated heterocycles. The summed E-state index contributed by atoms with van der Waals surface area (Å²) in [6.45, 7) is -0.274. The Morgan fingerprint density at radius 2 is 1.76 bits per heavy atom. The Morgan fingerprint density at radius 3 is 2.40 bits per heavy atom. The first-order chi connectivity index (χ1) is 12.0. The van der Waals surface area contributed by atoms with Gasteiger partial charge in [0, 0.05) is 0 Å². The third-order valence-corrected chi connectivity index (χ3v) is 4.77. The van der Waals surface area contributed by atoms with Crippen LogP contribution >= 0.6 is 22.9 Å². The molecule has 3 aromatic rings. The zero-order chi connectivity index (χ0) is 18.0. The van der Waals surface area contributed by atoms with Gasteiger partial charge >= 0.3 is 10.8 Å². The number of fused-ring (bicyclic) bond motifs is 1. The van der Waals surface area contributed by atoms with Crippen molar-refractivity contribution in [3.05, 3.63) is 51.1 Å². The van der Waals surface area contributed by atoms with E-state index in [-0.39, 0.29) is 17.2 Å². The van der Waals surface area contributed by atoms with Crippen LogP contribution in [0.15, 0.2) is 41.2 Å². The fraction of sp³-hybridized carbons (Fsp3) is 0.176. The highest BCUT2D eigenvalue weighted by molar-refractivity contribution is 7.16. The quantitative estimate of drug-likeness (QED) is 0.502. The van der Waals surface area contributed by atoms with Gasteiger partial charge < -0.3 is 14.2 Å². The Morgan fingerprint density at radius 1 is 1.12 bits per heavy atom. The number of carbonyl (C=O) groups excluding carboxylic acids is 1. The fourth-order valence-electron chi connectivity index (χ4n) is 2.42. The standard InChI is InChI=1S/C17H14ClNO5S/c1-22-11-6-4-7-12(23-2)16(11)24-14(20)9-19-15-10(18)5-3-8-13(15)25-17(19)21/h3-8H,9H2,1-2H3. The molecule has 0 aliphatic carbocycles. The number of nitrogens with zero attached hydrogens (tertiary/aromatic N) is 1. The summed E-state index contributed by atoms with van der Waals surface area (Å²) < 4.78 is 17.8. The van der Waals surface area contributed by atoms with Crippen LogP contribution in [-0.4, -0.2) is 24.8 Å². The lowest BCUT2D eigenvalue weighted by molar-refractivity contribution is -0.135. The van der Waals surface area contributed by atoms with Crippen molar-refractivity contribution in [3.8, 4) is 17.2 Å². The minimum absolute atomic E-state index is 0.163.